The highest BCUT2D eigenvalue weighted by Gasteiger charge is 2.31. The van der Waals surface area contributed by atoms with Gasteiger partial charge in [-0.15, -0.1) is 12.4 Å². The minimum absolute atomic E-state index is 0. The number of carbonyl (C=O) groups excluding carboxylic acids is 2. The van der Waals surface area contributed by atoms with Crippen LogP contribution in [0.4, 0.5) is 0 Å². The van der Waals surface area contributed by atoms with Crippen molar-refractivity contribution in [3.05, 3.63) is 35.4 Å². The molecule has 1 aromatic rings. The monoisotopic (exact) mass is 351 g/mol. The Morgan fingerprint density at radius 3 is 2.33 bits per heavy atom. The number of likely N-dealkylation sites (tertiary alicyclic amines) is 1. The van der Waals surface area contributed by atoms with Crippen LogP contribution in [0, 0.1) is 0 Å². The Hall–Kier alpha value is -1.43. The molecule has 0 spiro atoms. The van der Waals surface area contributed by atoms with Gasteiger partial charge in [0.25, 0.3) is 5.91 Å². The summed E-state index contributed by atoms with van der Waals surface area (Å²) >= 11 is 0. The first-order valence-corrected chi connectivity index (χ1v) is 8.56. The molecule has 2 saturated heterocycles. The van der Waals surface area contributed by atoms with Crippen molar-refractivity contribution in [1.29, 1.82) is 0 Å². The standard InChI is InChI=1S/C18H25N3O2.ClH/c1-2-17(22)14-3-5-15(6-4-14)18(23)21-10-7-16(13-21)20-11-8-19-9-12-20;/h3-6,16,19H,2,7-13H2,1H3;1H. The quantitative estimate of drug-likeness (QED) is 0.841. The van der Waals surface area contributed by atoms with Crippen molar-refractivity contribution in [1.82, 2.24) is 15.1 Å². The molecule has 2 fully saturated rings. The average molecular weight is 352 g/mol. The average Bonchev–Trinajstić information content (AvgIpc) is 3.11. The van der Waals surface area contributed by atoms with Crippen molar-refractivity contribution in [3.8, 4) is 0 Å². The molecule has 1 amide bonds. The summed E-state index contributed by atoms with van der Waals surface area (Å²) in [6.45, 7) is 7.70. The maximum atomic E-state index is 12.6. The van der Waals surface area contributed by atoms with Crippen LogP contribution in [0.1, 0.15) is 40.5 Å². The molecular formula is C18H26ClN3O2. The Balaban J connectivity index is 0.00000208. The Kier molecular flexibility index (Phi) is 6.78. The maximum Gasteiger partial charge on any atom is 0.253 e. The maximum absolute atomic E-state index is 12.6. The summed E-state index contributed by atoms with van der Waals surface area (Å²) in [5, 5.41) is 3.37. The second-order valence-corrected chi connectivity index (χ2v) is 6.33. The zero-order chi connectivity index (χ0) is 16.2. The van der Waals surface area contributed by atoms with E-state index in [1.165, 1.54) is 0 Å². The van der Waals surface area contributed by atoms with Crippen LogP contribution in [0.3, 0.4) is 0 Å². The Morgan fingerprint density at radius 2 is 1.71 bits per heavy atom. The first kappa shape index (κ1) is 18.9. The van der Waals surface area contributed by atoms with Crippen LogP contribution in [0.5, 0.6) is 0 Å². The minimum atomic E-state index is 0. The molecule has 0 radical (unpaired) electrons. The summed E-state index contributed by atoms with van der Waals surface area (Å²) in [6.07, 6.45) is 1.55. The molecule has 1 N–H and O–H groups in total. The first-order chi connectivity index (χ1) is 11.2. The number of carbonyl (C=O) groups is 2. The van der Waals surface area contributed by atoms with Crippen LogP contribution < -0.4 is 5.32 Å². The summed E-state index contributed by atoms with van der Waals surface area (Å²) in [7, 11) is 0. The molecule has 3 rings (SSSR count). The number of halogens is 1. The fraction of sp³-hybridized carbons (Fsp3) is 0.556. The van der Waals surface area contributed by atoms with Crippen molar-refractivity contribution in [2.45, 2.75) is 25.8 Å². The lowest BCUT2D eigenvalue weighted by Gasteiger charge is -2.32. The summed E-state index contributed by atoms with van der Waals surface area (Å²) in [4.78, 5) is 28.7. The van der Waals surface area contributed by atoms with Gasteiger partial charge in [0.2, 0.25) is 0 Å². The molecule has 132 valence electrons. The number of nitrogens with one attached hydrogen (secondary N) is 1. The third-order valence-corrected chi connectivity index (χ3v) is 4.89. The SMILES string of the molecule is CCC(=O)c1ccc(C(=O)N2CCC(N3CCNCC3)C2)cc1.Cl. The van der Waals surface area contributed by atoms with Gasteiger partial charge >= 0.3 is 0 Å². The predicted octanol–water partition coefficient (Wildman–Crippen LogP) is 1.82. The number of ketones is 1. The molecule has 0 bridgehead atoms. The van der Waals surface area contributed by atoms with Gasteiger partial charge in [0.15, 0.2) is 5.78 Å². The van der Waals surface area contributed by atoms with E-state index in [2.05, 4.69) is 10.2 Å². The molecule has 1 atom stereocenters. The molecule has 2 heterocycles. The summed E-state index contributed by atoms with van der Waals surface area (Å²) in [5.41, 5.74) is 1.36. The van der Waals surface area contributed by atoms with Gasteiger partial charge in [-0.3, -0.25) is 14.5 Å². The van der Waals surface area contributed by atoms with E-state index in [0.717, 1.165) is 45.7 Å². The fourth-order valence-electron chi connectivity index (χ4n) is 3.46. The van der Waals surface area contributed by atoms with E-state index >= 15 is 0 Å². The van der Waals surface area contributed by atoms with Crippen LogP contribution >= 0.6 is 12.4 Å². The van der Waals surface area contributed by atoms with E-state index in [9.17, 15) is 9.59 Å². The second kappa shape index (κ2) is 8.60. The smallest absolute Gasteiger partial charge is 0.253 e. The van der Waals surface area contributed by atoms with Crippen molar-refractivity contribution < 1.29 is 9.59 Å². The second-order valence-electron chi connectivity index (χ2n) is 6.33. The number of rotatable bonds is 4. The fourth-order valence-corrected chi connectivity index (χ4v) is 3.46. The number of hydrogen-bond acceptors (Lipinski definition) is 4. The van der Waals surface area contributed by atoms with Gasteiger partial charge in [0.1, 0.15) is 0 Å². The summed E-state index contributed by atoms with van der Waals surface area (Å²) in [5.74, 6) is 0.196. The normalized spacial score (nSPS) is 21.4. The molecule has 1 aromatic carbocycles. The number of benzene rings is 1. The highest BCUT2D eigenvalue weighted by atomic mass is 35.5. The van der Waals surface area contributed by atoms with E-state index in [1.54, 1.807) is 24.3 Å². The van der Waals surface area contributed by atoms with Crippen LogP contribution in [0.15, 0.2) is 24.3 Å². The molecular weight excluding hydrogens is 326 g/mol. The van der Waals surface area contributed by atoms with Crippen molar-refractivity contribution in [2.75, 3.05) is 39.3 Å². The van der Waals surface area contributed by atoms with Gasteiger partial charge < -0.3 is 10.2 Å². The highest BCUT2D eigenvalue weighted by molar-refractivity contribution is 5.98. The van der Waals surface area contributed by atoms with Gasteiger partial charge in [-0.2, -0.15) is 0 Å². The summed E-state index contributed by atoms with van der Waals surface area (Å²) < 4.78 is 0. The molecule has 0 saturated carbocycles. The van der Waals surface area contributed by atoms with Gasteiger partial charge in [0.05, 0.1) is 0 Å². The van der Waals surface area contributed by atoms with Gasteiger partial charge in [-0.25, -0.2) is 0 Å². The number of Topliss-reactive ketones (excluding diaryl/α,β-unsaturated/α-hetero) is 1. The van der Waals surface area contributed by atoms with Gasteiger partial charge in [0, 0.05) is 62.9 Å². The summed E-state index contributed by atoms with van der Waals surface area (Å²) in [6, 6.07) is 7.58. The lowest BCUT2D eigenvalue weighted by Crippen LogP contribution is -2.49. The first-order valence-electron chi connectivity index (χ1n) is 8.56. The molecule has 2 aliphatic rings. The number of piperazine rings is 1. The van der Waals surface area contributed by atoms with Crippen molar-refractivity contribution in [3.63, 3.8) is 0 Å². The predicted molar refractivity (Wildman–Crippen MR) is 97.1 cm³/mol. The van der Waals surface area contributed by atoms with E-state index in [1.807, 2.05) is 11.8 Å². The highest BCUT2D eigenvalue weighted by Crippen LogP contribution is 2.19. The van der Waals surface area contributed by atoms with Gasteiger partial charge in [-0.05, 0) is 18.6 Å². The largest absolute Gasteiger partial charge is 0.337 e. The minimum Gasteiger partial charge on any atom is -0.337 e. The van der Waals surface area contributed by atoms with E-state index < -0.39 is 0 Å². The molecule has 6 heteroatoms. The third-order valence-electron chi connectivity index (χ3n) is 4.89. The van der Waals surface area contributed by atoms with E-state index in [-0.39, 0.29) is 24.1 Å². The van der Waals surface area contributed by atoms with Gasteiger partial charge in [-0.1, -0.05) is 19.1 Å². The van der Waals surface area contributed by atoms with Crippen LogP contribution in [0.2, 0.25) is 0 Å². The lowest BCUT2D eigenvalue weighted by atomic mass is 10.1. The van der Waals surface area contributed by atoms with Crippen LogP contribution in [0.25, 0.3) is 0 Å². The number of amides is 1. The Labute approximate surface area is 149 Å². The molecule has 24 heavy (non-hydrogen) atoms. The number of hydrogen-bond donors (Lipinski definition) is 1. The van der Waals surface area contributed by atoms with Crippen molar-refractivity contribution in [2.24, 2.45) is 0 Å². The lowest BCUT2D eigenvalue weighted by molar-refractivity contribution is 0.0773. The van der Waals surface area contributed by atoms with Crippen molar-refractivity contribution >= 4 is 24.1 Å². The topological polar surface area (TPSA) is 52.7 Å². The molecule has 1 unspecified atom stereocenters. The molecule has 0 aromatic heterocycles. The molecule has 5 nitrogen and oxygen atoms in total. The molecule has 2 aliphatic heterocycles. The third kappa shape index (κ3) is 4.15. The zero-order valence-corrected chi connectivity index (χ0v) is 15.0. The van der Waals surface area contributed by atoms with E-state index in [4.69, 9.17) is 0 Å². The van der Waals surface area contributed by atoms with Crippen LogP contribution in [-0.4, -0.2) is 66.8 Å². The Bertz CT molecular complexity index is 570. The molecule has 0 aliphatic carbocycles. The Morgan fingerprint density at radius 1 is 1.08 bits per heavy atom. The van der Waals surface area contributed by atoms with Crippen LogP contribution in [-0.2, 0) is 0 Å². The number of nitrogens with zero attached hydrogens (tertiary/aromatic N) is 2. The van der Waals surface area contributed by atoms with E-state index in [0.29, 0.717) is 23.6 Å². The zero-order valence-electron chi connectivity index (χ0n) is 14.2.